The summed E-state index contributed by atoms with van der Waals surface area (Å²) in [6.07, 6.45) is -0.546. The van der Waals surface area contributed by atoms with Crippen molar-refractivity contribution in [3.8, 4) is 0 Å². The van der Waals surface area contributed by atoms with E-state index < -0.39 is 63.5 Å². The lowest BCUT2D eigenvalue weighted by Gasteiger charge is -2.26. The zero-order valence-electron chi connectivity index (χ0n) is 28.3. The van der Waals surface area contributed by atoms with Crippen molar-refractivity contribution in [1.29, 1.82) is 0 Å². The van der Waals surface area contributed by atoms with Crippen LogP contribution in [0.3, 0.4) is 0 Å². The van der Waals surface area contributed by atoms with Gasteiger partial charge in [0.05, 0.1) is 11.5 Å². The zero-order valence-corrected chi connectivity index (χ0v) is 30.0. The maximum atomic E-state index is 13.4. The number of benzene rings is 1. The fourth-order valence-corrected chi connectivity index (χ4v) is 4.86. The minimum Gasteiger partial charge on any atom is -0.460 e. The maximum Gasteiger partial charge on any atom is 0.407 e. The molecule has 0 saturated carbocycles. The third-order valence-corrected chi connectivity index (χ3v) is 7.63. The molecule has 0 spiro atoms. The Balaban J connectivity index is 2.94. The molecule has 14 nitrogen and oxygen atoms in total. The molecule has 0 aliphatic heterocycles. The SMILES string of the molecule is CC(C)COC(=O)N[C@@H](CCC(=O)OC(C)(C)C)C(=O)N[C@@H](CC(C)C)C(=O)N[C@@H](CS)C(=O)NCCc1ccc(S(N)(=O)=O)cc1. The number of carbonyl (C=O) groups excluding carboxylic acids is 5. The molecule has 0 saturated heterocycles. The number of thiol groups is 1. The lowest BCUT2D eigenvalue weighted by Crippen LogP contribution is -2.57. The Morgan fingerprint density at radius 2 is 1.43 bits per heavy atom. The highest BCUT2D eigenvalue weighted by Crippen LogP contribution is 2.12. The van der Waals surface area contributed by atoms with Crippen molar-refractivity contribution in [3.63, 3.8) is 0 Å². The number of nitrogens with two attached hydrogens (primary N) is 1. The van der Waals surface area contributed by atoms with Crippen LogP contribution in [0, 0.1) is 11.8 Å². The molecule has 6 N–H and O–H groups in total. The molecule has 0 unspecified atom stereocenters. The average Bonchev–Trinajstić information content (AvgIpc) is 2.94. The van der Waals surface area contributed by atoms with Crippen molar-refractivity contribution in [2.75, 3.05) is 18.9 Å². The van der Waals surface area contributed by atoms with E-state index in [1.54, 1.807) is 32.9 Å². The van der Waals surface area contributed by atoms with Crippen LogP contribution in [0.4, 0.5) is 4.79 Å². The minimum atomic E-state index is -3.82. The number of carbonyl (C=O) groups is 5. The predicted octanol–water partition coefficient (Wildman–Crippen LogP) is 1.81. The van der Waals surface area contributed by atoms with Crippen LogP contribution in [0.25, 0.3) is 0 Å². The number of ether oxygens (including phenoxy) is 2. The number of alkyl carbamates (subject to hydrolysis) is 1. The summed E-state index contributed by atoms with van der Waals surface area (Å²) in [6.45, 7) is 12.8. The Hall–Kier alpha value is -3.37. The van der Waals surface area contributed by atoms with E-state index in [1.807, 2.05) is 27.7 Å². The lowest BCUT2D eigenvalue weighted by molar-refractivity contribution is -0.155. The Bertz CT molecular complexity index is 1310. The van der Waals surface area contributed by atoms with Gasteiger partial charge in [0.1, 0.15) is 23.7 Å². The first kappa shape index (κ1) is 41.7. The van der Waals surface area contributed by atoms with E-state index in [0.29, 0.717) is 6.42 Å². The van der Waals surface area contributed by atoms with Gasteiger partial charge < -0.3 is 30.7 Å². The second kappa shape index (κ2) is 19.5. The van der Waals surface area contributed by atoms with Crippen LogP contribution < -0.4 is 26.4 Å². The standard InChI is InChI=1S/C31H51N5O9S2/c1-19(2)16-24(34-28(39)23(36-30(41)44-17-20(3)4)12-13-26(37)45-31(5,6)7)29(40)35-25(18-46)27(38)33-15-14-21-8-10-22(11-9-21)47(32,42)43/h8-11,19-20,23-25,46H,12-18H2,1-7H3,(H,33,38)(H,34,39)(H,35,40)(H,36,41)(H2,32,42,43)/t23-,24-,25-/m0/s1. The first-order valence-electron chi connectivity index (χ1n) is 15.5. The third kappa shape index (κ3) is 17.4. The quantitative estimate of drug-likeness (QED) is 0.0972. The molecule has 1 aromatic carbocycles. The molecular formula is C31H51N5O9S2. The molecule has 0 aliphatic rings. The monoisotopic (exact) mass is 701 g/mol. The van der Waals surface area contributed by atoms with Crippen LogP contribution in [-0.4, -0.2) is 80.8 Å². The third-order valence-electron chi connectivity index (χ3n) is 6.33. The predicted molar refractivity (Wildman–Crippen MR) is 180 cm³/mol. The van der Waals surface area contributed by atoms with E-state index in [9.17, 15) is 32.4 Å². The van der Waals surface area contributed by atoms with E-state index >= 15 is 0 Å². The molecule has 0 aliphatic carbocycles. The molecule has 0 bridgehead atoms. The van der Waals surface area contributed by atoms with Gasteiger partial charge in [-0.2, -0.15) is 12.6 Å². The van der Waals surface area contributed by atoms with Gasteiger partial charge in [0.15, 0.2) is 0 Å². The summed E-state index contributed by atoms with van der Waals surface area (Å²) < 4.78 is 33.4. The van der Waals surface area contributed by atoms with Crippen molar-refractivity contribution >= 4 is 52.4 Å². The molecule has 0 fully saturated rings. The molecule has 0 heterocycles. The molecule has 3 atom stereocenters. The highest BCUT2D eigenvalue weighted by Gasteiger charge is 2.31. The summed E-state index contributed by atoms with van der Waals surface area (Å²) in [5, 5.41) is 15.6. The molecule has 0 aromatic heterocycles. The van der Waals surface area contributed by atoms with Gasteiger partial charge in [-0.15, -0.1) is 0 Å². The summed E-state index contributed by atoms with van der Waals surface area (Å²) >= 11 is 4.21. The van der Waals surface area contributed by atoms with E-state index in [-0.39, 0.29) is 54.9 Å². The van der Waals surface area contributed by atoms with Gasteiger partial charge >= 0.3 is 12.1 Å². The number of hydrogen-bond acceptors (Lipinski definition) is 10. The van der Waals surface area contributed by atoms with Crippen LogP contribution in [0.1, 0.15) is 73.3 Å². The summed E-state index contributed by atoms with van der Waals surface area (Å²) in [4.78, 5) is 64.4. The van der Waals surface area contributed by atoms with Crippen molar-refractivity contribution in [2.24, 2.45) is 17.0 Å². The van der Waals surface area contributed by atoms with Gasteiger partial charge in [0.2, 0.25) is 27.7 Å². The molecule has 0 radical (unpaired) electrons. The second-order valence-electron chi connectivity index (χ2n) is 13.0. The normalized spacial score (nSPS) is 13.7. The molecule has 1 rings (SSSR count). The van der Waals surface area contributed by atoms with E-state index in [1.165, 1.54) is 12.1 Å². The second-order valence-corrected chi connectivity index (χ2v) is 14.9. The molecular weight excluding hydrogens is 651 g/mol. The minimum absolute atomic E-state index is 0.0256. The summed E-state index contributed by atoms with van der Waals surface area (Å²) in [5.41, 5.74) is 0.0164. The number of amides is 4. The lowest BCUT2D eigenvalue weighted by atomic mass is 10.0. The van der Waals surface area contributed by atoms with Gasteiger partial charge in [0, 0.05) is 18.7 Å². The van der Waals surface area contributed by atoms with Crippen LogP contribution >= 0.6 is 12.6 Å². The molecule has 47 heavy (non-hydrogen) atoms. The first-order chi connectivity index (χ1) is 21.7. The maximum absolute atomic E-state index is 13.4. The number of sulfonamides is 1. The summed E-state index contributed by atoms with van der Waals surface area (Å²) in [6, 6.07) is 2.59. The van der Waals surface area contributed by atoms with E-state index in [4.69, 9.17) is 14.6 Å². The largest absolute Gasteiger partial charge is 0.460 e. The Labute approximate surface area is 283 Å². The Morgan fingerprint density at radius 3 is 1.94 bits per heavy atom. The molecule has 16 heteroatoms. The topological polar surface area (TPSA) is 212 Å². The summed E-state index contributed by atoms with van der Waals surface area (Å²) in [7, 11) is -3.82. The Morgan fingerprint density at radius 1 is 0.851 bits per heavy atom. The fourth-order valence-electron chi connectivity index (χ4n) is 4.09. The van der Waals surface area contributed by atoms with Crippen molar-refractivity contribution in [1.82, 2.24) is 21.3 Å². The molecule has 266 valence electrons. The summed E-state index contributed by atoms with van der Waals surface area (Å²) in [5.74, 6) is -2.44. The zero-order chi connectivity index (χ0) is 35.9. The number of primary sulfonamides is 1. The van der Waals surface area contributed by atoms with Crippen LogP contribution in [0.5, 0.6) is 0 Å². The number of esters is 1. The average molecular weight is 702 g/mol. The Kier molecular flexibility index (Phi) is 17.2. The first-order valence-corrected chi connectivity index (χ1v) is 17.7. The fraction of sp³-hybridized carbons (Fsp3) is 0.645. The highest BCUT2D eigenvalue weighted by atomic mass is 32.2. The van der Waals surface area contributed by atoms with E-state index in [2.05, 4.69) is 33.9 Å². The van der Waals surface area contributed by atoms with Gasteiger partial charge in [-0.3, -0.25) is 19.2 Å². The van der Waals surface area contributed by atoms with Crippen LogP contribution in [-0.2, 0) is 45.1 Å². The van der Waals surface area contributed by atoms with Crippen molar-refractivity contribution < 1.29 is 41.9 Å². The number of hydrogen-bond donors (Lipinski definition) is 6. The van der Waals surface area contributed by atoms with Crippen molar-refractivity contribution in [2.45, 2.75) is 103 Å². The van der Waals surface area contributed by atoms with Crippen LogP contribution in [0.15, 0.2) is 29.2 Å². The van der Waals surface area contributed by atoms with Crippen molar-refractivity contribution in [3.05, 3.63) is 29.8 Å². The van der Waals surface area contributed by atoms with Crippen LogP contribution in [0.2, 0.25) is 0 Å². The van der Waals surface area contributed by atoms with Gasteiger partial charge in [-0.1, -0.05) is 39.8 Å². The van der Waals surface area contributed by atoms with E-state index in [0.717, 1.165) is 5.56 Å². The van der Waals surface area contributed by atoms with Gasteiger partial charge in [-0.25, -0.2) is 18.4 Å². The van der Waals surface area contributed by atoms with Gasteiger partial charge in [0.25, 0.3) is 0 Å². The molecule has 4 amide bonds. The van der Waals surface area contributed by atoms with Gasteiger partial charge in [-0.05, 0) is 69.6 Å². The molecule has 1 aromatic rings. The smallest absolute Gasteiger partial charge is 0.407 e. The highest BCUT2D eigenvalue weighted by molar-refractivity contribution is 7.89. The number of nitrogens with one attached hydrogen (secondary N) is 4. The number of rotatable bonds is 18.